The number of nitrogens with one attached hydrogen (secondary N) is 1. The molecule has 0 saturated carbocycles. The lowest BCUT2D eigenvalue weighted by atomic mass is 10.2. The molecule has 0 unspecified atom stereocenters. The number of amides is 1. The molecule has 0 aromatic carbocycles. The first-order valence-corrected chi connectivity index (χ1v) is 6.72. The van der Waals surface area contributed by atoms with E-state index in [4.69, 9.17) is 4.74 Å². The number of aromatic nitrogens is 1. The second kappa shape index (κ2) is 8.48. The van der Waals surface area contributed by atoms with E-state index in [0.717, 1.165) is 18.8 Å². The zero-order valence-electron chi connectivity index (χ0n) is 12.0. The summed E-state index contributed by atoms with van der Waals surface area (Å²) in [5.41, 5.74) is 0.598. The van der Waals surface area contributed by atoms with E-state index >= 15 is 0 Å². The van der Waals surface area contributed by atoms with Crippen molar-refractivity contribution >= 4 is 11.7 Å². The summed E-state index contributed by atoms with van der Waals surface area (Å²) >= 11 is 0. The summed E-state index contributed by atoms with van der Waals surface area (Å²) in [6, 6.07) is 3.63. The van der Waals surface area contributed by atoms with Crippen molar-refractivity contribution in [3.63, 3.8) is 0 Å². The molecule has 0 aliphatic carbocycles. The monoisotopic (exact) mass is 265 g/mol. The molecule has 0 bridgehead atoms. The third-order valence-electron chi connectivity index (χ3n) is 2.69. The second-order valence-electron chi connectivity index (χ2n) is 4.28. The quantitative estimate of drug-likeness (QED) is 0.731. The summed E-state index contributed by atoms with van der Waals surface area (Å²) in [7, 11) is 1.77. The van der Waals surface area contributed by atoms with Crippen LogP contribution in [0.1, 0.15) is 30.6 Å². The SMILES string of the molecule is CCCNc1ccc(C(=O)N(C)CCOCC)cn1. The highest BCUT2D eigenvalue weighted by molar-refractivity contribution is 5.93. The van der Waals surface area contributed by atoms with Crippen molar-refractivity contribution in [2.75, 3.05) is 38.7 Å². The van der Waals surface area contributed by atoms with Gasteiger partial charge in [0.15, 0.2) is 0 Å². The van der Waals surface area contributed by atoms with Crippen LogP contribution in [-0.2, 0) is 4.74 Å². The van der Waals surface area contributed by atoms with Gasteiger partial charge in [0.1, 0.15) is 5.82 Å². The zero-order valence-corrected chi connectivity index (χ0v) is 12.0. The van der Waals surface area contributed by atoms with Crippen LogP contribution < -0.4 is 5.32 Å². The topological polar surface area (TPSA) is 54.5 Å². The molecule has 0 atom stereocenters. The first-order valence-electron chi connectivity index (χ1n) is 6.72. The van der Waals surface area contributed by atoms with E-state index in [1.807, 2.05) is 13.0 Å². The highest BCUT2D eigenvalue weighted by Gasteiger charge is 2.11. The number of ether oxygens (including phenoxy) is 1. The Bertz CT molecular complexity index is 379. The fourth-order valence-corrected chi connectivity index (χ4v) is 1.55. The smallest absolute Gasteiger partial charge is 0.255 e. The number of carbonyl (C=O) groups is 1. The number of rotatable bonds is 8. The van der Waals surface area contributed by atoms with Crippen molar-refractivity contribution < 1.29 is 9.53 Å². The molecule has 5 heteroatoms. The molecular weight excluding hydrogens is 242 g/mol. The van der Waals surface area contributed by atoms with Crippen LogP contribution in [0.15, 0.2) is 18.3 Å². The van der Waals surface area contributed by atoms with E-state index < -0.39 is 0 Å². The molecule has 0 aliphatic rings. The largest absolute Gasteiger partial charge is 0.380 e. The summed E-state index contributed by atoms with van der Waals surface area (Å²) < 4.78 is 5.23. The molecule has 0 fully saturated rings. The Morgan fingerprint density at radius 2 is 2.21 bits per heavy atom. The van der Waals surface area contributed by atoms with Crippen LogP contribution in [0.3, 0.4) is 0 Å². The molecule has 1 amide bonds. The fraction of sp³-hybridized carbons (Fsp3) is 0.571. The fourth-order valence-electron chi connectivity index (χ4n) is 1.55. The maximum absolute atomic E-state index is 12.1. The van der Waals surface area contributed by atoms with Gasteiger partial charge in [-0.15, -0.1) is 0 Å². The van der Waals surface area contributed by atoms with Crippen LogP contribution in [0.5, 0.6) is 0 Å². The lowest BCUT2D eigenvalue weighted by molar-refractivity contribution is 0.0709. The molecule has 1 N–H and O–H groups in total. The number of pyridine rings is 1. The Kier molecular flexibility index (Phi) is 6.89. The van der Waals surface area contributed by atoms with Gasteiger partial charge in [0, 0.05) is 32.9 Å². The van der Waals surface area contributed by atoms with E-state index in [1.54, 1.807) is 24.2 Å². The molecule has 0 radical (unpaired) electrons. The van der Waals surface area contributed by atoms with Crippen molar-refractivity contribution in [3.8, 4) is 0 Å². The highest BCUT2D eigenvalue weighted by Crippen LogP contribution is 2.07. The zero-order chi connectivity index (χ0) is 14.1. The van der Waals surface area contributed by atoms with Gasteiger partial charge in [-0.3, -0.25) is 4.79 Å². The van der Waals surface area contributed by atoms with Crippen LogP contribution in [-0.4, -0.2) is 49.1 Å². The molecule has 1 aromatic heterocycles. The highest BCUT2D eigenvalue weighted by atomic mass is 16.5. The van der Waals surface area contributed by atoms with Gasteiger partial charge in [-0.1, -0.05) is 6.92 Å². The number of hydrogen-bond donors (Lipinski definition) is 1. The molecule has 106 valence electrons. The van der Waals surface area contributed by atoms with Crippen molar-refractivity contribution in [3.05, 3.63) is 23.9 Å². The van der Waals surface area contributed by atoms with Gasteiger partial charge in [-0.25, -0.2) is 4.98 Å². The first-order chi connectivity index (χ1) is 9.19. The molecule has 5 nitrogen and oxygen atoms in total. The molecule has 1 aromatic rings. The summed E-state index contributed by atoms with van der Waals surface area (Å²) in [4.78, 5) is 17.9. The molecular formula is C14H23N3O2. The number of anilines is 1. The normalized spacial score (nSPS) is 10.3. The van der Waals surface area contributed by atoms with Crippen molar-refractivity contribution in [2.24, 2.45) is 0 Å². The van der Waals surface area contributed by atoms with Gasteiger partial charge in [-0.2, -0.15) is 0 Å². The van der Waals surface area contributed by atoms with E-state index in [2.05, 4.69) is 17.2 Å². The predicted molar refractivity (Wildman–Crippen MR) is 76.5 cm³/mol. The minimum Gasteiger partial charge on any atom is -0.380 e. The third-order valence-corrected chi connectivity index (χ3v) is 2.69. The van der Waals surface area contributed by atoms with Crippen LogP contribution in [0, 0.1) is 0 Å². The van der Waals surface area contributed by atoms with E-state index in [1.165, 1.54) is 0 Å². The summed E-state index contributed by atoms with van der Waals surface area (Å²) in [6.07, 6.45) is 2.65. The van der Waals surface area contributed by atoms with Crippen LogP contribution in [0.25, 0.3) is 0 Å². The average molecular weight is 265 g/mol. The predicted octanol–water partition coefficient (Wildman–Crippen LogP) is 2.01. The van der Waals surface area contributed by atoms with E-state index in [0.29, 0.717) is 25.3 Å². The molecule has 1 rings (SSSR count). The lowest BCUT2D eigenvalue weighted by Gasteiger charge is -2.17. The first kappa shape index (κ1) is 15.4. The van der Waals surface area contributed by atoms with Gasteiger partial charge >= 0.3 is 0 Å². The number of carbonyl (C=O) groups excluding carboxylic acids is 1. The van der Waals surface area contributed by atoms with Gasteiger partial charge in [0.25, 0.3) is 5.91 Å². The van der Waals surface area contributed by atoms with Crippen molar-refractivity contribution in [1.82, 2.24) is 9.88 Å². The Morgan fingerprint density at radius 1 is 1.42 bits per heavy atom. The van der Waals surface area contributed by atoms with Gasteiger partial charge < -0.3 is 15.0 Å². The van der Waals surface area contributed by atoms with Crippen LogP contribution in [0.4, 0.5) is 5.82 Å². The maximum atomic E-state index is 12.1. The van der Waals surface area contributed by atoms with Crippen molar-refractivity contribution in [2.45, 2.75) is 20.3 Å². The minimum absolute atomic E-state index is 0.0331. The number of hydrogen-bond acceptors (Lipinski definition) is 4. The average Bonchev–Trinajstić information content (AvgIpc) is 2.45. The van der Waals surface area contributed by atoms with Crippen LogP contribution in [0.2, 0.25) is 0 Å². The Labute approximate surface area is 115 Å². The molecule has 1 heterocycles. The Morgan fingerprint density at radius 3 is 2.79 bits per heavy atom. The number of nitrogens with zero attached hydrogens (tertiary/aromatic N) is 2. The molecule has 0 aliphatic heterocycles. The third kappa shape index (κ3) is 5.26. The standard InChI is InChI=1S/C14H23N3O2/c1-4-8-15-13-7-6-12(11-16-13)14(18)17(3)9-10-19-5-2/h6-7,11H,4-5,8-10H2,1-3H3,(H,15,16). The van der Waals surface area contributed by atoms with Gasteiger partial charge in [0.05, 0.1) is 12.2 Å². The van der Waals surface area contributed by atoms with Crippen molar-refractivity contribution in [1.29, 1.82) is 0 Å². The van der Waals surface area contributed by atoms with E-state index in [-0.39, 0.29) is 5.91 Å². The molecule has 0 saturated heterocycles. The maximum Gasteiger partial charge on any atom is 0.255 e. The Balaban J connectivity index is 2.52. The van der Waals surface area contributed by atoms with Gasteiger partial charge in [0.2, 0.25) is 0 Å². The van der Waals surface area contributed by atoms with Crippen LogP contribution >= 0.6 is 0 Å². The second-order valence-corrected chi connectivity index (χ2v) is 4.28. The summed E-state index contributed by atoms with van der Waals surface area (Å²) in [5.74, 6) is 0.768. The Hall–Kier alpha value is -1.62. The number of likely N-dealkylation sites (N-methyl/N-ethyl adjacent to an activating group) is 1. The lowest BCUT2D eigenvalue weighted by Crippen LogP contribution is -2.30. The van der Waals surface area contributed by atoms with Gasteiger partial charge in [-0.05, 0) is 25.5 Å². The summed E-state index contributed by atoms with van der Waals surface area (Å²) in [6.45, 7) is 6.73. The molecule has 0 spiro atoms. The van der Waals surface area contributed by atoms with E-state index in [9.17, 15) is 4.79 Å². The summed E-state index contributed by atoms with van der Waals surface area (Å²) in [5, 5.41) is 3.18. The minimum atomic E-state index is -0.0331. The molecule has 19 heavy (non-hydrogen) atoms.